The van der Waals surface area contributed by atoms with Crippen LogP contribution in [0.5, 0.6) is 0 Å². The minimum Gasteiger partial charge on any atom is -0.465 e. The lowest BCUT2D eigenvalue weighted by atomic mass is 10.0. The molecule has 0 aromatic carbocycles. The molecule has 3 nitrogen and oxygen atoms in total. The Hall–Kier alpha value is -1.87. The van der Waals surface area contributed by atoms with Crippen molar-refractivity contribution >= 4 is 5.97 Å². The van der Waals surface area contributed by atoms with E-state index in [4.69, 9.17) is 9.84 Å². The molecular formula is C21H28O3. The molecule has 0 saturated heterocycles. The Morgan fingerprint density at radius 3 is 2.33 bits per heavy atom. The number of ether oxygens (including phenoxy) is 1. The van der Waals surface area contributed by atoms with E-state index in [1.807, 2.05) is 12.1 Å². The predicted molar refractivity (Wildman–Crippen MR) is 97.8 cm³/mol. The van der Waals surface area contributed by atoms with E-state index in [1.54, 1.807) is 0 Å². The first-order valence-corrected chi connectivity index (χ1v) is 8.83. The predicted octanol–water partition coefficient (Wildman–Crippen LogP) is 4.80. The van der Waals surface area contributed by atoms with Crippen LogP contribution in [0.15, 0.2) is 30.3 Å². The lowest BCUT2D eigenvalue weighted by Gasteiger charge is -2.02. The molecule has 0 amide bonds. The molecule has 0 saturated carbocycles. The summed E-state index contributed by atoms with van der Waals surface area (Å²) < 4.78 is 4.96. The molecule has 0 aromatic rings. The molecule has 2 aliphatic carbocycles. The largest absolute Gasteiger partial charge is 0.465 e. The molecular weight excluding hydrogens is 300 g/mol. The van der Waals surface area contributed by atoms with E-state index in [1.165, 1.54) is 18.2 Å². The standard InChI is InChI=1S/C21H28O3/c1-15(2)16-9-11-18-17(8-6-4-5-7-13-22)14-20(21(23)24-3)19(18)12-10-16/h9-12,14-15,22H,4-8,13H2,1-3H3. The third kappa shape index (κ3) is 4.35. The van der Waals surface area contributed by atoms with Crippen LogP contribution in [-0.2, 0) is 11.2 Å². The molecule has 0 radical (unpaired) electrons. The van der Waals surface area contributed by atoms with Crippen molar-refractivity contribution in [3.8, 4) is 11.1 Å². The molecule has 0 fully saturated rings. The van der Waals surface area contributed by atoms with Gasteiger partial charge in [-0.15, -0.1) is 0 Å². The van der Waals surface area contributed by atoms with Crippen molar-refractivity contribution in [3.63, 3.8) is 0 Å². The molecule has 0 aliphatic heterocycles. The second kappa shape index (κ2) is 8.84. The van der Waals surface area contributed by atoms with Crippen LogP contribution < -0.4 is 0 Å². The number of hydrogen-bond donors (Lipinski definition) is 1. The van der Waals surface area contributed by atoms with Gasteiger partial charge in [0.25, 0.3) is 0 Å². The number of methoxy groups -OCH3 is 1. The van der Waals surface area contributed by atoms with Crippen LogP contribution in [0.4, 0.5) is 0 Å². The first-order chi connectivity index (χ1) is 11.6. The van der Waals surface area contributed by atoms with Crippen molar-refractivity contribution in [3.05, 3.63) is 47.0 Å². The maximum atomic E-state index is 12.1. The van der Waals surface area contributed by atoms with Crippen LogP contribution in [0.3, 0.4) is 0 Å². The van der Waals surface area contributed by atoms with Crippen LogP contribution in [0.25, 0.3) is 11.1 Å². The average molecular weight is 328 g/mol. The number of aliphatic hydroxyl groups excluding tert-OH is 1. The molecule has 0 spiro atoms. The third-order valence-electron chi connectivity index (χ3n) is 4.56. The number of rotatable bonds is 8. The maximum absolute atomic E-state index is 12.1. The Labute approximate surface area is 145 Å². The zero-order valence-corrected chi connectivity index (χ0v) is 15.0. The van der Waals surface area contributed by atoms with Crippen molar-refractivity contribution in [2.75, 3.05) is 13.7 Å². The number of aryl methyl sites for hydroxylation is 1. The van der Waals surface area contributed by atoms with E-state index in [9.17, 15) is 4.79 Å². The van der Waals surface area contributed by atoms with Gasteiger partial charge in [-0.1, -0.05) is 51.0 Å². The smallest absolute Gasteiger partial charge is 0.338 e. The second-order valence-electron chi connectivity index (χ2n) is 6.61. The highest BCUT2D eigenvalue weighted by Gasteiger charge is 2.20. The Balaban J connectivity index is 2.31. The highest BCUT2D eigenvalue weighted by Crippen LogP contribution is 2.34. The van der Waals surface area contributed by atoms with Gasteiger partial charge < -0.3 is 9.84 Å². The highest BCUT2D eigenvalue weighted by atomic mass is 16.5. The van der Waals surface area contributed by atoms with E-state index in [2.05, 4.69) is 32.0 Å². The quantitative estimate of drug-likeness (QED) is 0.559. The molecule has 3 heteroatoms. The van der Waals surface area contributed by atoms with Crippen molar-refractivity contribution in [1.82, 2.24) is 0 Å². The summed E-state index contributed by atoms with van der Waals surface area (Å²) in [7, 11) is 1.43. The Morgan fingerprint density at radius 2 is 1.71 bits per heavy atom. The minimum absolute atomic E-state index is 0.264. The van der Waals surface area contributed by atoms with E-state index in [-0.39, 0.29) is 12.6 Å². The van der Waals surface area contributed by atoms with Crippen LogP contribution in [0.1, 0.15) is 66.9 Å². The van der Waals surface area contributed by atoms with Crippen LogP contribution in [0.2, 0.25) is 0 Å². The van der Waals surface area contributed by atoms with Crippen LogP contribution >= 0.6 is 0 Å². The molecule has 0 atom stereocenters. The summed E-state index contributed by atoms with van der Waals surface area (Å²) in [6.45, 7) is 4.60. The molecule has 1 N–H and O–H groups in total. The topological polar surface area (TPSA) is 46.5 Å². The molecule has 24 heavy (non-hydrogen) atoms. The molecule has 130 valence electrons. The molecule has 0 bridgehead atoms. The lowest BCUT2D eigenvalue weighted by Crippen LogP contribution is -2.00. The number of unbranched alkanes of at least 4 members (excludes halogenated alkanes) is 3. The van der Waals surface area contributed by atoms with Gasteiger partial charge in [-0.3, -0.25) is 0 Å². The summed E-state index contributed by atoms with van der Waals surface area (Å²) in [5, 5.41) is 8.86. The van der Waals surface area contributed by atoms with Gasteiger partial charge in [0, 0.05) is 6.61 Å². The maximum Gasteiger partial charge on any atom is 0.338 e. The first kappa shape index (κ1) is 18.5. The normalized spacial score (nSPS) is 11.2. The molecule has 2 aliphatic rings. The summed E-state index contributed by atoms with van der Waals surface area (Å²) in [5.41, 5.74) is 5.24. The fraction of sp³-hybridized carbons (Fsp3) is 0.476. The summed E-state index contributed by atoms with van der Waals surface area (Å²) in [6.07, 6.45) is 5.01. The number of esters is 1. The van der Waals surface area contributed by atoms with Gasteiger partial charge in [0.1, 0.15) is 0 Å². The molecule has 0 heterocycles. The number of carbonyl (C=O) groups is 1. The number of hydrogen-bond acceptors (Lipinski definition) is 3. The molecule has 0 unspecified atom stereocenters. The van der Waals surface area contributed by atoms with Gasteiger partial charge in [0.2, 0.25) is 0 Å². The average Bonchev–Trinajstić information content (AvgIpc) is 2.77. The Morgan fingerprint density at radius 1 is 1.04 bits per heavy atom. The summed E-state index contributed by atoms with van der Waals surface area (Å²) in [6, 6.07) is 10.4. The highest BCUT2D eigenvalue weighted by molar-refractivity contribution is 6.00. The summed E-state index contributed by atoms with van der Waals surface area (Å²) >= 11 is 0. The van der Waals surface area contributed by atoms with Gasteiger partial charge in [0.05, 0.1) is 12.7 Å². The van der Waals surface area contributed by atoms with Gasteiger partial charge in [-0.05, 0) is 53.5 Å². The van der Waals surface area contributed by atoms with Crippen molar-refractivity contribution in [2.24, 2.45) is 0 Å². The lowest BCUT2D eigenvalue weighted by molar-refractivity contribution is 0.0602. The number of aliphatic hydroxyl groups is 1. The monoisotopic (exact) mass is 328 g/mol. The zero-order chi connectivity index (χ0) is 17.5. The Bertz CT molecular complexity index is 646. The fourth-order valence-electron chi connectivity index (χ4n) is 3.09. The SMILES string of the molecule is COC(=O)c1cc(CCCCCCO)c2ccc(C(C)C)ccc1-2. The van der Waals surface area contributed by atoms with Crippen LogP contribution in [0, 0.1) is 0 Å². The van der Waals surface area contributed by atoms with E-state index >= 15 is 0 Å². The number of carbonyl (C=O) groups excluding carboxylic acids is 1. The fourth-order valence-corrected chi connectivity index (χ4v) is 3.09. The molecule has 0 aromatic heterocycles. The van der Waals surface area contributed by atoms with E-state index < -0.39 is 0 Å². The van der Waals surface area contributed by atoms with Crippen molar-refractivity contribution in [2.45, 2.75) is 51.9 Å². The molecule has 2 rings (SSSR count). The second-order valence-corrected chi connectivity index (χ2v) is 6.61. The summed E-state index contributed by atoms with van der Waals surface area (Å²) in [4.78, 5) is 12.1. The summed E-state index contributed by atoms with van der Waals surface area (Å²) in [5.74, 6) is 0.175. The number of fused-ring (bicyclic) bond motifs is 1. The van der Waals surface area contributed by atoms with E-state index in [0.29, 0.717) is 11.5 Å². The first-order valence-electron chi connectivity index (χ1n) is 8.83. The van der Waals surface area contributed by atoms with Crippen molar-refractivity contribution in [1.29, 1.82) is 0 Å². The van der Waals surface area contributed by atoms with Gasteiger partial charge in [-0.25, -0.2) is 4.79 Å². The third-order valence-corrected chi connectivity index (χ3v) is 4.56. The van der Waals surface area contributed by atoms with Crippen molar-refractivity contribution < 1.29 is 14.6 Å². The van der Waals surface area contributed by atoms with Gasteiger partial charge in [0.15, 0.2) is 0 Å². The van der Waals surface area contributed by atoms with E-state index in [0.717, 1.165) is 43.2 Å². The van der Waals surface area contributed by atoms with Crippen LogP contribution in [-0.4, -0.2) is 24.8 Å². The zero-order valence-electron chi connectivity index (χ0n) is 15.0. The minimum atomic E-state index is -0.274. The Kier molecular flexibility index (Phi) is 6.80. The van der Waals surface area contributed by atoms with Gasteiger partial charge in [-0.2, -0.15) is 0 Å². The van der Waals surface area contributed by atoms with Gasteiger partial charge >= 0.3 is 5.97 Å².